The lowest BCUT2D eigenvalue weighted by molar-refractivity contribution is -0.116. The van der Waals surface area contributed by atoms with Gasteiger partial charge >= 0.3 is 0 Å². The van der Waals surface area contributed by atoms with Crippen molar-refractivity contribution in [1.29, 1.82) is 0 Å². The Morgan fingerprint density at radius 1 is 1.11 bits per heavy atom. The van der Waals surface area contributed by atoms with Crippen molar-refractivity contribution in [1.82, 2.24) is 0 Å². The highest BCUT2D eigenvalue weighted by molar-refractivity contribution is 5.75. The van der Waals surface area contributed by atoms with Gasteiger partial charge in [-0.15, -0.1) is 0 Å². The van der Waals surface area contributed by atoms with Crippen LogP contribution in [0.25, 0.3) is 0 Å². The van der Waals surface area contributed by atoms with E-state index in [0.717, 1.165) is 12.2 Å². The first-order chi connectivity index (χ1) is 9.24. The highest BCUT2D eigenvalue weighted by atomic mass is 16.5. The molecule has 2 nitrogen and oxygen atoms in total. The number of benzene rings is 1. The normalized spacial score (nSPS) is 16.9. The van der Waals surface area contributed by atoms with Crippen molar-refractivity contribution in [3.8, 4) is 5.75 Å². The Balaban J connectivity index is 1.85. The molecule has 0 amide bonds. The lowest BCUT2D eigenvalue weighted by Gasteiger charge is -2.17. The van der Waals surface area contributed by atoms with Crippen molar-refractivity contribution in [3.63, 3.8) is 0 Å². The van der Waals surface area contributed by atoms with E-state index in [1.807, 2.05) is 12.1 Å². The van der Waals surface area contributed by atoms with Crippen LogP contribution in [-0.2, 0) is 11.2 Å². The smallest absolute Gasteiger partial charge is 0.130 e. The molecule has 0 spiro atoms. The predicted molar refractivity (Wildman–Crippen MR) is 77.6 cm³/mol. The number of Topliss-reactive ketones (excluding diaryl/α,β-unsaturated/α-hetero) is 1. The van der Waals surface area contributed by atoms with E-state index in [1.165, 1.54) is 44.1 Å². The minimum atomic E-state index is 0.249. The lowest BCUT2D eigenvalue weighted by atomic mass is 10.1. The van der Waals surface area contributed by atoms with Gasteiger partial charge in [-0.1, -0.05) is 25.0 Å². The highest BCUT2D eigenvalue weighted by Crippen LogP contribution is 2.23. The summed E-state index contributed by atoms with van der Waals surface area (Å²) in [5, 5.41) is 0. The van der Waals surface area contributed by atoms with Crippen LogP contribution in [0.1, 0.15) is 57.4 Å². The number of rotatable bonds is 5. The molecule has 0 atom stereocenters. The fraction of sp³-hybridized carbons (Fsp3) is 0.588. The number of ketones is 1. The summed E-state index contributed by atoms with van der Waals surface area (Å²) >= 11 is 0. The topological polar surface area (TPSA) is 26.3 Å². The first kappa shape index (κ1) is 14.1. The van der Waals surface area contributed by atoms with Crippen LogP contribution in [0.2, 0.25) is 0 Å². The standard InChI is InChI=1S/C17H24O2/c1-14(18)8-9-15-10-12-17(13-11-15)19-16-6-4-2-3-5-7-16/h10-13,16H,2-9H2,1H3. The zero-order valence-corrected chi connectivity index (χ0v) is 11.9. The molecular formula is C17H24O2. The summed E-state index contributed by atoms with van der Waals surface area (Å²) in [6.45, 7) is 1.64. The van der Waals surface area contributed by atoms with Gasteiger partial charge in [-0.3, -0.25) is 0 Å². The minimum Gasteiger partial charge on any atom is -0.490 e. The maximum atomic E-state index is 11.0. The van der Waals surface area contributed by atoms with E-state index in [1.54, 1.807) is 6.92 Å². The number of carbonyl (C=O) groups excluding carboxylic acids is 1. The van der Waals surface area contributed by atoms with Gasteiger partial charge in [0.15, 0.2) is 0 Å². The predicted octanol–water partition coefficient (Wildman–Crippen LogP) is 4.31. The molecule has 1 aromatic rings. The molecular weight excluding hydrogens is 236 g/mol. The second-order valence-electron chi connectivity index (χ2n) is 5.58. The van der Waals surface area contributed by atoms with E-state index >= 15 is 0 Å². The molecule has 2 rings (SSSR count). The van der Waals surface area contributed by atoms with Crippen molar-refractivity contribution < 1.29 is 9.53 Å². The Labute approximate surface area is 116 Å². The summed E-state index contributed by atoms with van der Waals surface area (Å²) in [6, 6.07) is 8.24. The van der Waals surface area contributed by atoms with Gasteiger partial charge in [0.25, 0.3) is 0 Å². The molecule has 104 valence electrons. The first-order valence-electron chi connectivity index (χ1n) is 7.49. The molecule has 0 N–H and O–H groups in total. The Bertz CT molecular complexity index is 386. The van der Waals surface area contributed by atoms with E-state index in [-0.39, 0.29) is 5.78 Å². The number of hydrogen-bond acceptors (Lipinski definition) is 2. The van der Waals surface area contributed by atoms with Crippen LogP contribution in [-0.4, -0.2) is 11.9 Å². The molecule has 19 heavy (non-hydrogen) atoms. The van der Waals surface area contributed by atoms with Crippen molar-refractivity contribution in [2.45, 2.75) is 64.4 Å². The molecule has 0 unspecified atom stereocenters. The lowest BCUT2D eigenvalue weighted by Crippen LogP contribution is -2.14. The van der Waals surface area contributed by atoms with Crippen LogP contribution in [0.15, 0.2) is 24.3 Å². The molecule has 0 aromatic heterocycles. The van der Waals surface area contributed by atoms with Crippen molar-refractivity contribution in [2.75, 3.05) is 0 Å². The minimum absolute atomic E-state index is 0.249. The Morgan fingerprint density at radius 3 is 2.32 bits per heavy atom. The molecule has 1 aromatic carbocycles. The second kappa shape index (κ2) is 7.32. The first-order valence-corrected chi connectivity index (χ1v) is 7.49. The van der Waals surface area contributed by atoms with Crippen LogP contribution in [0, 0.1) is 0 Å². The molecule has 0 heterocycles. The van der Waals surface area contributed by atoms with Gasteiger partial charge < -0.3 is 9.53 Å². The summed E-state index contributed by atoms with van der Waals surface area (Å²) in [6.07, 6.45) is 9.52. The third kappa shape index (κ3) is 5.06. The number of hydrogen-bond donors (Lipinski definition) is 0. The van der Waals surface area contributed by atoms with Gasteiger partial charge in [-0.2, -0.15) is 0 Å². The molecule has 0 bridgehead atoms. The summed E-state index contributed by atoms with van der Waals surface area (Å²) < 4.78 is 6.05. The van der Waals surface area contributed by atoms with Crippen LogP contribution in [0.4, 0.5) is 0 Å². The van der Waals surface area contributed by atoms with Gasteiger partial charge in [0.05, 0.1) is 6.10 Å². The summed E-state index contributed by atoms with van der Waals surface area (Å²) in [7, 11) is 0. The van der Waals surface area contributed by atoms with Gasteiger partial charge in [0, 0.05) is 6.42 Å². The van der Waals surface area contributed by atoms with Crippen LogP contribution < -0.4 is 4.74 Å². The van der Waals surface area contributed by atoms with Crippen LogP contribution >= 0.6 is 0 Å². The molecule has 1 aliphatic carbocycles. The van der Waals surface area contributed by atoms with E-state index in [9.17, 15) is 4.79 Å². The fourth-order valence-electron chi connectivity index (χ4n) is 2.61. The van der Waals surface area contributed by atoms with E-state index in [4.69, 9.17) is 4.74 Å². The summed E-state index contributed by atoms with van der Waals surface area (Å²) in [5.74, 6) is 1.22. The molecule has 1 saturated carbocycles. The van der Waals surface area contributed by atoms with E-state index in [0.29, 0.717) is 12.5 Å². The monoisotopic (exact) mass is 260 g/mol. The summed E-state index contributed by atoms with van der Waals surface area (Å²) in [5.41, 5.74) is 1.21. The summed E-state index contributed by atoms with van der Waals surface area (Å²) in [4.78, 5) is 11.0. The number of carbonyl (C=O) groups is 1. The van der Waals surface area contributed by atoms with Crippen molar-refractivity contribution in [2.24, 2.45) is 0 Å². The van der Waals surface area contributed by atoms with Gasteiger partial charge in [-0.25, -0.2) is 0 Å². The van der Waals surface area contributed by atoms with Gasteiger partial charge in [0.2, 0.25) is 0 Å². The second-order valence-corrected chi connectivity index (χ2v) is 5.58. The molecule has 1 fully saturated rings. The maximum absolute atomic E-state index is 11.0. The van der Waals surface area contributed by atoms with Crippen LogP contribution in [0.5, 0.6) is 5.75 Å². The zero-order chi connectivity index (χ0) is 13.5. The SMILES string of the molecule is CC(=O)CCc1ccc(OC2CCCCCC2)cc1. The van der Waals surface area contributed by atoms with E-state index in [2.05, 4.69) is 12.1 Å². The van der Waals surface area contributed by atoms with Crippen molar-refractivity contribution in [3.05, 3.63) is 29.8 Å². The van der Waals surface area contributed by atoms with Gasteiger partial charge in [-0.05, 0) is 56.7 Å². The molecule has 2 heteroatoms. The zero-order valence-electron chi connectivity index (χ0n) is 11.9. The van der Waals surface area contributed by atoms with Gasteiger partial charge in [0.1, 0.15) is 11.5 Å². The van der Waals surface area contributed by atoms with Crippen LogP contribution in [0.3, 0.4) is 0 Å². The van der Waals surface area contributed by atoms with Crippen molar-refractivity contribution >= 4 is 5.78 Å². The average Bonchev–Trinajstić information content (AvgIpc) is 2.66. The molecule has 0 radical (unpaired) electrons. The average molecular weight is 260 g/mol. The fourth-order valence-corrected chi connectivity index (χ4v) is 2.61. The third-order valence-corrected chi connectivity index (χ3v) is 3.79. The quantitative estimate of drug-likeness (QED) is 0.737. The Kier molecular flexibility index (Phi) is 5.44. The van der Waals surface area contributed by atoms with E-state index < -0.39 is 0 Å². The number of aryl methyl sites for hydroxylation is 1. The maximum Gasteiger partial charge on any atom is 0.130 e. The molecule has 0 aliphatic heterocycles. The highest BCUT2D eigenvalue weighted by Gasteiger charge is 2.13. The molecule has 0 saturated heterocycles. The Morgan fingerprint density at radius 2 is 1.74 bits per heavy atom. The molecule has 1 aliphatic rings. The largest absolute Gasteiger partial charge is 0.490 e. The number of ether oxygens (including phenoxy) is 1. The third-order valence-electron chi connectivity index (χ3n) is 3.79. The Hall–Kier alpha value is -1.31.